The Balaban J connectivity index is 0.000000220. The van der Waals surface area contributed by atoms with Gasteiger partial charge in [-0.3, -0.25) is 20.2 Å². The molecule has 0 spiro atoms. The lowest BCUT2D eigenvalue weighted by Crippen LogP contribution is -2.03. The highest BCUT2D eigenvalue weighted by atomic mass is 35.5. The molecule has 0 radical (unpaired) electrons. The average Bonchev–Trinajstić information content (AvgIpc) is 2.49. The molecule has 0 unspecified atom stereocenters. The molecule has 0 bridgehead atoms. The first kappa shape index (κ1) is 17.6. The molecule has 0 aliphatic rings. The Morgan fingerprint density at radius 3 is 2.18 bits per heavy atom. The molecule has 2 aromatic carbocycles. The van der Waals surface area contributed by atoms with Gasteiger partial charge in [0, 0.05) is 28.0 Å². The SMILES string of the molecule is Cc1ccc(Cl)cc1[N+](=O)[O-].O=[N+]([O-])CCc1ccccc1. The van der Waals surface area contributed by atoms with Gasteiger partial charge in [-0.25, -0.2) is 0 Å². The van der Waals surface area contributed by atoms with E-state index in [9.17, 15) is 20.2 Å². The van der Waals surface area contributed by atoms with Crippen molar-refractivity contribution in [2.75, 3.05) is 6.54 Å². The van der Waals surface area contributed by atoms with Crippen LogP contribution >= 0.6 is 11.6 Å². The lowest BCUT2D eigenvalue weighted by molar-refractivity contribution is -0.479. The second kappa shape index (κ2) is 8.74. The fourth-order valence-corrected chi connectivity index (χ4v) is 1.81. The first-order chi connectivity index (χ1) is 10.4. The summed E-state index contributed by atoms with van der Waals surface area (Å²) in [5, 5.41) is 20.7. The summed E-state index contributed by atoms with van der Waals surface area (Å²) in [6, 6.07) is 14.1. The number of aryl methyl sites for hydroxylation is 1. The van der Waals surface area contributed by atoms with Crippen LogP contribution < -0.4 is 0 Å². The quantitative estimate of drug-likeness (QED) is 0.627. The van der Waals surface area contributed by atoms with Crippen molar-refractivity contribution in [3.8, 4) is 0 Å². The zero-order valence-electron chi connectivity index (χ0n) is 11.9. The molecule has 116 valence electrons. The molecule has 2 rings (SSSR count). The Bertz CT molecular complexity index is 647. The Morgan fingerprint density at radius 2 is 1.68 bits per heavy atom. The summed E-state index contributed by atoms with van der Waals surface area (Å²) in [5.74, 6) is 0. The van der Waals surface area contributed by atoms with Crippen LogP contribution in [0.1, 0.15) is 11.1 Å². The summed E-state index contributed by atoms with van der Waals surface area (Å²) < 4.78 is 0. The number of benzene rings is 2. The first-order valence-electron chi connectivity index (χ1n) is 6.46. The molecule has 2 aromatic rings. The number of rotatable bonds is 4. The minimum atomic E-state index is -0.443. The highest BCUT2D eigenvalue weighted by molar-refractivity contribution is 6.30. The third-order valence-electron chi connectivity index (χ3n) is 2.79. The van der Waals surface area contributed by atoms with Gasteiger partial charge in [-0.1, -0.05) is 48.0 Å². The number of halogens is 1. The highest BCUT2D eigenvalue weighted by Gasteiger charge is 2.09. The minimum Gasteiger partial charge on any atom is -0.265 e. The molecule has 0 aliphatic heterocycles. The molecule has 0 amide bonds. The van der Waals surface area contributed by atoms with E-state index in [1.165, 1.54) is 6.07 Å². The number of hydrogen-bond acceptors (Lipinski definition) is 4. The van der Waals surface area contributed by atoms with Crippen molar-refractivity contribution < 1.29 is 9.85 Å². The molecule has 0 atom stereocenters. The summed E-state index contributed by atoms with van der Waals surface area (Å²) in [4.78, 5) is 19.6. The summed E-state index contributed by atoms with van der Waals surface area (Å²) >= 11 is 5.56. The van der Waals surface area contributed by atoms with Crippen LogP contribution in [0.2, 0.25) is 5.02 Å². The Kier molecular flexibility index (Phi) is 6.98. The fraction of sp³-hybridized carbons (Fsp3) is 0.200. The predicted octanol–water partition coefficient (Wildman–Crippen LogP) is 4.06. The smallest absolute Gasteiger partial charge is 0.265 e. The van der Waals surface area contributed by atoms with E-state index in [0.29, 0.717) is 17.0 Å². The minimum absolute atomic E-state index is 0.0179. The van der Waals surface area contributed by atoms with Crippen molar-refractivity contribution in [2.45, 2.75) is 13.3 Å². The van der Waals surface area contributed by atoms with Gasteiger partial charge in [-0.2, -0.15) is 0 Å². The zero-order valence-corrected chi connectivity index (χ0v) is 12.7. The van der Waals surface area contributed by atoms with Gasteiger partial charge in [-0.15, -0.1) is 0 Å². The van der Waals surface area contributed by atoms with Gasteiger partial charge < -0.3 is 0 Å². The molecule has 6 nitrogen and oxygen atoms in total. The second-order valence-electron chi connectivity index (χ2n) is 4.48. The largest absolute Gasteiger partial charge is 0.273 e. The number of hydrogen-bond donors (Lipinski definition) is 0. The molecule has 22 heavy (non-hydrogen) atoms. The van der Waals surface area contributed by atoms with Gasteiger partial charge in [0.2, 0.25) is 6.54 Å². The predicted molar refractivity (Wildman–Crippen MR) is 84.9 cm³/mol. The van der Waals surface area contributed by atoms with E-state index >= 15 is 0 Å². The number of nitro benzene ring substituents is 1. The van der Waals surface area contributed by atoms with Crippen LogP contribution in [0.5, 0.6) is 0 Å². The topological polar surface area (TPSA) is 86.3 Å². The third-order valence-corrected chi connectivity index (χ3v) is 3.03. The number of nitro groups is 2. The summed E-state index contributed by atoms with van der Waals surface area (Å²) in [6.07, 6.45) is 0.522. The molecule has 0 heterocycles. The summed E-state index contributed by atoms with van der Waals surface area (Å²) in [7, 11) is 0. The Morgan fingerprint density at radius 1 is 1.05 bits per heavy atom. The van der Waals surface area contributed by atoms with Crippen molar-refractivity contribution in [3.05, 3.63) is 84.9 Å². The van der Waals surface area contributed by atoms with E-state index in [1.54, 1.807) is 19.1 Å². The summed E-state index contributed by atoms with van der Waals surface area (Å²) in [5.41, 5.74) is 1.71. The molecule has 0 aliphatic carbocycles. The molecular formula is C15H15ClN2O4. The monoisotopic (exact) mass is 322 g/mol. The second-order valence-corrected chi connectivity index (χ2v) is 4.92. The number of nitrogens with zero attached hydrogens (tertiary/aromatic N) is 2. The molecular weight excluding hydrogens is 308 g/mol. The van der Waals surface area contributed by atoms with Crippen molar-refractivity contribution in [1.29, 1.82) is 0 Å². The van der Waals surface area contributed by atoms with Crippen LogP contribution in [0.25, 0.3) is 0 Å². The van der Waals surface area contributed by atoms with Crippen LogP contribution in [-0.2, 0) is 6.42 Å². The Labute approximate surface area is 132 Å². The van der Waals surface area contributed by atoms with Gasteiger partial charge in [0.1, 0.15) is 0 Å². The summed E-state index contributed by atoms with van der Waals surface area (Å²) in [6.45, 7) is 1.69. The van der Waals surface area contributed by atoms with Gasteiger partial charge in [0.25, 0.3) is 5.69 Å². The van der Waals surface area contributed by atoms with Crippen molar-refractivity contribution in [2.24, 2.45) is 0 Å². The van der Waals surface area contributed by atoms with Crippen LogP contribution in [0, 0.1) is 27.2 Å². The maximum Gasteiger partial charge on any atom is 0.273 e. The lowest BCUT2D eigenvalue weighted by atomic mass is 10.2. The standard InChI is InChI=1S/C8H9NO2.C7H6ClNO2/c10-9(11)7-6-8-4-2-1-3-5-8;1-5-2-3-6(8)4-7(5)9(10)11/h1-5H,6-7H2;2-4H,1H3. The normalized spacial score (nSPS) is 9.55. The van der Waals surface area contributed by atoms with Gasteiger partial charge in [0.05, 0.1) is 4.92 Å². The van der Waals surface area contributed by atoms with Gasteiger partial charge in [0.15, 0.2) is 0 Å². The van der Waals surface area contributed by atoms with E-state index in [4.69, 9.17) is 11.6 Å². The molecule has 0 aromatic heterocycles. The molecule has 0 saturated heterocycles. The van der Waals surface area contributed by atoms with E-state index < -0.39 is 4.92 Å². The maximum atomic E-state index is 10.3. The zero-order chi connectivity index (χ0) is 16.5. The van der Waals surface area contributed by atoms with Crippen molar-refractivity contribution >= 4 is 17.3 Å². The molecule has 7 heteroatoms. The van der Waals surface area contributed by atoms with Gasteiger partial charge >= 0.3 is 0 Å². The highest BCUT2D eigenvalue weighted by Crippen LogP contribution is 2.21. The van der Waals surface area contributed by atoms with Crippen LogP contribution in [-0.4, -0.2) is 16.4 Å². The van der Waals surface area contributed by atoms with Crippen molar-refractivity contribution in [3.63, 3.8) is 0 Å². The lowest BCUT2D eigenvalue weighted by Gasteiger charge is -1.95. The van der Waals surface area contributed by atoms with Crippen LogP contribution in [0.3, 0.4) is 0 Å². The van der Waals surface area contributed by atoms with E-state index in [1.807, 2.05) is 30.3 Å². The van der Waals surface area contributed by atoms with Gasteiger partial charge in [-0.05, 0) is 18.6 Å². The molecule has 0 fully saturated rings. The van der Waals surface area contributed by atoms with E-state index in [-0.39, 0.29) is 17.2 Å². The van der Waals surface area contributed by atoms with Crippen LogP contribution in [0.4, 0.5) is 5.69 Å². The fourth-order valence-electron chi connectivity index (χ4n) is 1.64. The first-order valence-corrected chi connectivity index (χ1v) is 6.84. The third kappa shape index (κ3) is 6.32. The maximum absolute atomic E-state index is 10.3. The molecule has 0 saturated carbocycles. The average molecular weight is 323 g/mol. The van der Waals surface area contributed by atoms with Crippen molar-refractivity contribution in [1.82, 2.24) is 0 Å². The Hall–Kier alpha value is -2.47. The van der Waals surface area contributed by atoms with E-state index in [0.717, 1.165) is 5.56 Å². The van der Waals surface area contributed by atoms with Crippen LogP contribution in [0.15, 0.2) is 48.5 Å². The van der Waals surface area contributed by atoms with E-state index in [2.05, 4.69) is 0 Å². The molecule has 0 N–H and O–H groups in total.